The van der Waals surface area contributed by atoms with Crippen LogP contribution >= 0.6 is 0 Å². The van der Waals surface area contributed by atoms with Gasteiger partial charge in [-0.1, -0.05) is 60.7 Å². The lowest BCUT2D eigenvalue weighted by atomic mass is 9.89. The van der Waals surface area contributed by atoms with Gasteiger partial charge in [0.1, 0.15) is 0 Å². The van der Waals surface area contributed by atoms with Crippen LogP contribution in [0.4, 0.5) is 0 Å². The molecule has 0 radical (unpaired) electrons. The maximum atomic E-state index is 13.6. The van der Waals surface area contributed by atoms with Crippen LogP contribution in [0.15, 0.2) is 85.2 Å². The number of fused-ring (bicyclic) bond motifs is 1. The normalized spacial score (nSPS) is 14.5. The molecule has 2 N–H and O–H groups in total. The molecular formula is C27H26N4O2. The maximum absolute atomic E-state index is 13.6. The Kier molecular flexibility index (Phi) is 5.89. The summed E-state index contributed by atoms with van der Waals surface area (Å²) in [5.41, 5.74) is 4.29. The number of carbonyl (C=O) groups excluding carboxylic acids is 2. The summed E-state index contributed by atoms with van der Waals surface area (Å²) in [4.78, 5) is 35.5. The van der Waals surface area contributed by atoms with E-state index in [9.17, 15) is 9.59 Å². The highest BCUT2D eigenvalue weighted by molar-refractivity contribution is 5.97. The number of rotatable bonds is 5. The van der Waals surface area contributed by atoms with E-state index in [0.29, 0.717) is 18.7 Å². The Hall–Kier alpha value is -3.93. The summed E-state index contributed by atoms with van der Waals surface area (Å²) >= 11 is 0. The van der Waals surface area contributed by atoms with Crippen LogP contribution in [0.5, 0.6) is 0 Å². The average Bonchev–Trinajstić information content (AvgIpc) is 3.34. The van der Waals surface area contributed by atoms with E-state index >= 15 is 0 Å². The Morgan fingerprint density at radius 3 is 2.18 bits per heavy atom. The largest absolute Gasteiger partial charge is 0.349 e. The van der Waals surface area contributed by atoms with Crippen molar-refractivity contribution in [3.05, 3.63) is 102 Å². The minimum absolute atomic E-state index is 0.0471. The van der Waals surface area contributed by atoms with Crippen LogP contribution in [0.25, 0.3) is 11.0 Å². The van der Waals surface area contributed by atoms with Crippen molar-refractivity contribution in [1.82, 2.24) is 20.2 Å². The molecule has 0 spiro atoms. The van der Waals surface area contributed by atoms with Gasteiger partial charge in [0.15, 0.2) is 0 Å². The Morgan fingerprint density at radius 1 is 0.909 bits per heavy atom. The molecular weight excluding hydrogens is 412 g/mol. The van der Waals surface area contributed by atoms with Gasteiger partial charge in [0.05, 0.1) is 23.3 Å². The van der Waals surface area contributed by atoms with E-state index in [-0.39, 0.29) is 23.8 Å². The summed E-state index contributed by atoms with van der Waals surface area (Å²) < 4.78 is 0. The van der Waals surface area contributed by atoms with Crippen LogP contribution < -0.4 is 5.32 Å². The smallest absolute Gasteiger partial charge is 0.251 e. The fourth-order valence-corrected chi connectivity index (χ4v) is 4.54. The van der Waals surface area contributed by atoms with Gasteiger partial charge < -0.3 is 15.2 Å². The van der Waals surface area contributed by atoms with Gasteiger partial charge in [-0.25, -0.2) is 4.98 Å². The van der Waals surface area contributed by atoms with Crippen LogP contribution in [-0.2, 0) is 4.79 Å². The topological polar surface area (TPSA) is 78.1 Å². The lowest BCUT2D eigenvalue weighted by Gasteiger charge is -2.35. The van der Waals surface area contributed by atoms with Gasteiger partial charge in [0.2, 0.25) is 5.91 Å². The number of nitrogens with one attached hydrogen (secondary N) is 2. The van der Waals surface area contributed by atoms with Crippen LogP contribution in [0.3, 0.4) is 0 Å². The van der Waals surface area contributed by atoms with Crippen LogP contribution in [-0.4, -0.2) is 45.8 Å². The molecule has 166 valence electrons. The molecule has 6 nitrogen and oxygen atoms in total. The second kappa shape index (κ2) is 9.28. The molecule has 2 amide bonds. The zero-order valence-electron chi connectivity index (χ0n) is 18.3. The van der Waals surface area contributed by atoms with Crippen molar-refractivity contribution in [1.29, 1.82) is 0 Å². The molecule has 1 aliphatic rings. The van der Waals surface area contributed by atoms with Crippen molar-refractivity contribution in [3.63, 3.8) is 0 Å². The molecule has 5 rings (SSSR count). The highest BCUT2D eigenvalue weighted by atomic mass is 16.2. The zero-order chi connectivity index (χ0) is 22.6. The summed E-state index contributed by atoms with van der Waals surface area (Å²) in [7, 11) is 0. The first-order valence-electron chi connectivity index (χ1n) is 11.3. The van der Waals surface area contributed by atoms with E-state index in [1.54, 1.807) is 12.4 Å². The maximum Gasteiger partial charge on any atom is 0.251 e. The molecule has 33 heavy (non-hydrogen) atoms. The number of aromatic nitrogens is 2. The minimum atomic E-state index is -0.320. The summed E-state index contributed by atoms with van der Waals surface area (Å²) in [5.74, 6) is -0.302. The Labute approximate surface area is 192 Å². The number of benzene rings is 3. The van der Waals surface area contributed by atoms with Gasteiger partial charge in [-0.3, -0.25) is 9.59 Å². The second-order valence-corrected chi connectivity index (χ2v) is 8.46. The fraction of sp³-hybridized carbons (Fsp3) is 0.222. The summed E-state index contributed by atoms with van der Waals surface area (Å²) in [5, 5.41) is 3.13. The third kappa shape index (κ3) is 4.51. The van der Waals surface area contributed by atoms with E-state index in [1.807, 2.05) is 77.7 Å². The molecule has 0 bridgehead atoms. The van der Waals surface area contributed by atoms with Crippen molar-refractivity contribution in [2.75, 3.05) is 13.1 Å². The second-order valence-electron chi connectivity index (χ2n) is 8.46. The Morgan fingerprint density at radius 2 is 1.55 bits per heavy atom. The van der Waals surface area contributed by atoms with Gasteiger partial charge >= 0.3 is 0 Å². The first kappa shape index (κ1) is 20.9. The Balaban J connectivity index is 1.25. The number of aromatic amines is 1. The van der Waals surface area contributed by atoms with Crippen molar-refractivity contribution < 1.29 is 9.59 Å². The van der Waals surface area contributed by atoms with Crippen LogP contribution in [0, 0.1) is 0 Å². The molecule has 3 aromatic carbocycles. The molecule has 1 aromatic heterocycles. The molecule has 0 saturated carbocycles. The first-order chi connectivity index (χ1) is 16.2. The summed E-state index contributed by atoms with van der Waals surface area (Å²) in [6, 6.07) is 25.4. The summed E-state index contributed by atoms with van der Waals surface area (Å²) in [6.45, 7) is 1.25. The van der Waals surface area contributed by atoms with Gasteiger partial charge in [-0.2, -0.15) is 0 Å². The van der Waals surface area contributed by atoms with Crippen LogP contribution in [0.1, 0.15) is 40.2 Å². The highest BCUT2D eigenvalue weighted by Gasteiger charge is 2.30. The molecule has 1 fully saturated rings. The number of likely N-dealkylation sites (tertiary alicyclic amines) is 1. The van der Waals surface area contributed by atoms with Crippen molar-refractivity contribution >= 4 is 22.8 Å². The number of amides is 2. The average molecular weight is 439 g/mol. The SMILES string of the molecule is O=C(NC1CCN(C(=O)C(c2ccccc2)c2ccccc2)CC1)c1ccc2nc[nH]c2c1. The van der Waals surface area contributed by atoms with Crippen molar-refractivity contribution in [3.8, 4) is 0 Å². The third-order valence-corrected chi connectivity index (χ3v) is 6.34. The number of hydrogen-bond acceptors (Lipinski definition) is 3. The van der Waals surface area contributed by atoms with E-state index in [4.69, 9.17) is 0 Å². The predicted molar refractivity (Wildman–Crippen MR) is 128 cm³/mol. The highest BCUT2D eigenvalue weighted by Crippen LogP contribution is 2.28. The lowest BCUT2D eigenvalue weighted by Crippen LogP contribution is -2.47. The number of imidazole rings is 1. The summed E-state index contributed by atoms with van der Waals surface area (Å²) in [6.07, 6.45) is 3.09. The van der Waals surface area contributed by atoms with E-state index in [0.717, 1.165) is 35.0 Å². The molecule has 4 aromatic rings. The minimum Gasteiger partial charge on any atom is -0.349 e. The first-order valence-corrected chi connectivity index (χ1v) is 11.3. The van der Waals surface area contributed by atoms with E-state index in [2.05, 4.69) is 15.3 Å². The molecule has 6 heteroatoms. The molecule has 0 aliphatic carbocycles. The zero-order valence-corrected chi connectivity index (χ0v) is 18.3. The third-order valence-electron chi connectivity index (χ3n) is 6.34. The number of H-pyrrole nitrogens is 1. The van der Waals surface area contributed by atoms with Crippen molar-refractivity contribution in [2.45, 2.75) is 24.8 Å². The van der Waals surface area contributed by atoms with Gasteiger partial charge in [0, 0.05) is 24.7 Å². The van der Waals surface area contributed by atoms with Gasteiger partial charge in [-0.15, -0.1) is 0 Å². The fourth-order valence-electron chi connectivity index (χ4n) is 4.54. The number of piperidine rings is 1. The molecule has 0 atom stereocenters. The van der Waals surface area contributed by atoms with Crippen molar-refractivity contribution in [2.24, 2.45) is 0 Å². The standard InChI is InChI=1S/C27H26N4O2/c32-26(21-11-12-23-24(17-21)29-18-28-23)30-22-13-15-31(16-14-22)27(33)25(19-7-3-1-4-8-19)20-9-5-2-6-10-20/h1-12,17-18,22,25H,13-16H2,(H,28,29)(H,30,32). The molecule has 1 aliphatic heterocycles. The van der Waals surface area contributed by atoms with Gasteiger partial charge in [0.25, 0.3) is 5.91 Å². The Bertz CT molecular complexity index is 1210. The predicted octanol–water partition coefficient (Wildman–Crippen LogP) is 4.12. The molecule has 1 saturated heterocycles. The molecule has 2 heterocycles. The van der Waals surface area contributed by atoms with Gasteiger partial charge in [-0.05, 0) is 42.2 Å². The monoisotopic (exact) mass is 438 g/mol. The van der Waals surface area contributed by atoms with Crippen LogP contribution in [0.2, 0.25) is 0 Å². The number of carbonyl (C=O) groups is 2. The number of hydrogen-bond donors (Lipinski definition) is 2. The number of nitrogens with zero attached hydrogens (tertiary/aromatic N) is 2. The van der Waals surface area contributed by atoms with E-state index in [1.165, 1.54) is 0 Å². The lowest BCUT2D eigenvalue weighted by molar-refractivity contribution is -0.132. The van der Waals surface area contributed by atoms with E-state index < -0.39 is 0 Å². The molecule has 0 unspecified atom stereocenters. The quantitative estimate of drug-likeness (QED) is 0.492.